The van der Waals surface area contributed by atoms with Crippen molar-refractivity contribution in [2.75, 3.05) is 6.54 Å². The summed E-state index contributed by atoms with van der Waals surface area (Å²) in [5.41, 5.74) is 2.02. The van der Waals surface area contributed by atoms with Crippen molar-refractivity contribution >= 4 is 0 Å². The van der Waals surface area contributed by atoms with Gasteiger partial charge in [0.1, 0.15) is 0 Å². The summed E-state index contributed by atoms with van der Waals surface area (Å²) in [6, 6.07) is 11.9. The van der Waals surface area contributed by atoms with Crippen LogP contribution in [0, 0.1) is 6.92 Å². The zero-order chi connectivity index (χ0) is 14.4. The predicted molar refractivity (Wildman–Crippen MR) is 80.7 cm³/mol. The van der Waals surface area contributed by atoms with Gasteiger partial charge in [-0.05, 0) is 31.0 Å². The van der Waals surface area contributed by atoms with Gasteiger partial charge < -0.3 is 5.32 Å². The molecule has 1 unspecified atom stereocenters. The second-order valence-corrected chi connectivity index (χ2v) is 4.97. The molecule has 0 bridgehead atoms. The van der Waals surface area contributed by atoms with Crippen molar-refractivity contribution in [2.24, 2.45) is 0 Å². The van der Waals surface area contributed by atoms with Crippen molar-refractivity contribution in [1.29, 1.82) is 0 Å². The van der Waals surface area contributed by atoms with E-state index in [4.69, 9.17) is 0 Å². The number of aromatic nitrogens is 2. The van der Waals surface area contributed by atoms with Crippen LogP contribution in [0.3, 0.4) is 0 Å². The molecule has 0 saturated heterocycles. The summed E-state index contributed by atoms with van der Waals surface area (Å²) in [5, 5.41) is 7.69. The third-order valence-corrected chi connectivity index (χ3v) is 3.20. The van der Waals surface area contributed by atoms with Gasteiger partial charge in [0.05, 0.1) is 18.8 Å². The average Bonchev–Trinajstić information content (AvgIpc) is 2.46. The first kappa shape index (κ1) is 14.5. The molecule has 4 heteroatoms. The Morgan fingerprint density at radius 1 is 1.30 bits per heavy atom. The summed E-state index contributed by atoms with van der Waals surface area (Å²) in [7, 11) is 0. The summed E-state index contributed by atoms with van der Waals surface area (Å²) in [5.74, 6) is 0. The smallest absolute Gasteiger partial charge is 0.267 e. The molecule has 1 heterocycles. The lowest BCUT2D eigenvalue weighted by Gasteiger charge is -2.19. The number of rotatable bonds is 6. The van der Waals surface area contributed by atoms with Crippen LogP contribution in [0.15, 0.2) is 47.4 Å². The number of hydrogen-bond donors (Lipinski definition) is 1. The van der Waals surface area contributed by atoms with Crippen molar-refractivity contribution in [3.63, 3.8) is 0 Å². The number of hydrogen-bond acceptors (Lipinski definition) is 3. The van der Waals surface area contributed by atoms with E-state index >= 15 is 0 Å². The Morgan fingerprint density at radius 2 is 2.05 bits per heavy atom. The first-order chi connectivity index (χ1) is 9.70. The molecule has 106 valence electrons. The molecule has 1 aromatic heterocycles. The number of nitrogens with one attached hydrogen (secondary N) is 1. The molecule has 0 aliphatic carbocycles. The van der Waals surface area contributed by atoms with E-state index in [0.717, 1.165) is 18.5 Å². The van der Waals surface area contributed by atoms with Crippen molar-refractivity contribution < 1.29 is 0 Å². The van der Waals surface area contributed by atoms with Gasteiger partial charge in [-0.1, -0.05) is 37.3 Å². The largest absolute Gasteiger partial charge is 0.308 e. The van der Waals surface area contributed by atoms with Crippen molar-refractivity contribution in [3.8, 4) is 0 Å². The molecular weight excluding hydrogens is 250 g/mol. The molecule has 0 fully saturated rings. The minimum absolute atomic E-state index is 0.0516. The van der Waals surface area contributed by atoms with Crippen LogP contribution < -0.4 is 10.9 Å². The third-order valence-electron chi connectivity index (χ3n) is 3.20. The molecule has 2 aromatic rings. The third kappa shape index (κ3) is 3.78. The van der Waals surface area contributed by atoms with E-state index in [1.165, 1.54) is 10.2 Å². The second kappa shape index (κ2) is 7.01. The van der Waals surface area contributed by atoms with Gasteiger partial charge in [-0.2, -0.15) is 5.10 Å². The first-order valence-corrected chi connectivity index (χ1v) is 7.03. The van der Waals surface area contributed by atoms with Crippen LogP contribution in [0.5, 0.6) is 0 Å². The molecule has 0 aliphatic heterocycles. The zero-order valence-electron chi connectivity index (χ0n) is 12.0. The minimum Gasteiger partial charge on any atom is -0.308 e. The lowest BCUT2D eigenvalue weighted by Crippen LogP contribution is -2.32. The van der Waals surface area contributed by atoms with E-state index in [1.54, 1.807) is 12.3 Å². The highest BCUT2D eigenvalue weighted by Gasteiger charge is 2.12. The fourth-order valence-corrected chi connectivity index (χ4v) is 2.13. The molecule has 1 aromatic carbocycles. The second-order valence-electron chi connectivity index (χ2n) is 4.97. The Bertz CT molecular complexity index is 592. The van der Waals surface area contributed by atoms with E-state index < -0.39 is 0 Å². The van der Waals surface area contributed by atoms with E-state index in [0.29, 0.717) is 6.54 Å². The molecule has 1 atom stereocenters. The summed E-state index contributed by atoms with van der Waals surface area (Å²) in [6.45, 7) is 5.47. The number of aryl methyl sites for hydroxylation is 1. The number of benzene rings is 1. The molecule has 0 amide bonds. The van der Waals surface area contributed by atoms with Crippen molar-refractivity contribution in [3.05, 3.63) is 64.1 Å². The van der Waals surface area contributed by atoms with Gasteiger partial charge in [0.15, 0.2) is 0 Å². The van der Waals surface area contributed by atoms with Crippen molar-refractivity contribution in [1.82, 2.24) is 15.1 Å². The van der Waals surface area contributed by atoms with Crippen LogP contribution in [-0.4, -0.2) is 16.3 Å². The molecule has 0 radical (unpaired) electrons. The Labute approximate surface area is 119 Å². The molecule has 0 spiro atoms. The molecule has 0 saturated carbocycles. The molecular formula is C16H21N3O. The zero-order valence-corrected chi connectivity index (χ0v) is 12.0. The maximum atomic E-state index is 12.0. The highest BCUT2D eigenvalue weighted by Crippen LogP contribution is 2.13. The average molecular weight is 271 g/mol. The van der Waals surface area contributed by atoms with Gasteiger partial charge in [0.25, 0.3) is 5.56 Å². The van der Waals surface area contributed by atoms with Gasteiger partial charge >= 0.3 is 0 Å². The normalized spacial score (nSPS) is 12.3. The summed E-state index contributed by atoms with van der Waals surface area (Å²) >= 11 is 0. The summed E-state index contributed by atoms with van der Waals surface area (Å²) in [6.07, 6.45) is 2.78. The quantitative estimate of drug-likeness (QED) is 0.877. The van der Waals surface area contributed by atoms with E-state index in [1.807, 2.05) is 25.1 Å². The van der Waals surface area contributed by atoms with Crippen LogP contribution >= 0.6 is 0 Å². The van der Waals surface area contributed by atoms with E-state index in [9.17, 15) is 4.79 Å². The first-order valence-electron chi connectivity index (χ1n) is 7.03. The van der Waals surface area contributed by atoms with Gasteiger partial charge in [-0.25, -0.2) is 4.68 Å². The Hall–Kier alpha value is -1.94. The lowest BCUT2D eigenvalue weighted by molar-refractivity contribution is 0.426. The predicted octanol–water partition coefficient (Wildman–Crippen LogP) is 2.29. The van der Waals surface area contributed by atoms with E-state index in [2.05, 4.69) is 29.5 Å². The standard InChI is InChI=1S/C16H21N3O/c1-3-9-17-15(14-7-5-4-6-8-14)12-19-16(20)10-13(2)11-18-19/h4-8,10-11,15,17H,3,9,12H2,1-2H3. The summed E-state index contributed by atoms with van der Waals surface area (Å²) < 4.78 is 1.52. The Balaban J connectivity index is 2.21. The highest BCUT2D eigenvalue weighted by molar-refractivity contribution is 5.18. The van der Waals surface area contributed by atoms with E-state index in [-0.39, 0.29) is 11.6 Å². The molecule has 4 nitrogen and oxygen atoms in total. The number of nitrogens with zero attached hydrogens (tertiary/aromatic N) is 2. The molecule has 0 aliphatic rings. The van der Waals surface area contributed by atoms with Crippen molar-refractivity contribution in [2.45, 2.75) is 32.9 Å². The maximum absolute atomic E-state index is 12.0. The molecule has 2 rings (SSSR count). The lowest BCUT2D eigenvalue weighted by atomic mass is 10.1. The SMILES string of the molecule is CCCNC(Cn1ncc(C)cc1=O)c1ccccc1. The fraction of sp³-hybridized carbons (Fsp3) is 0.375. The van der Waals surface area contributed by atoms with Crippen LogP contribution in [0.25, 0.3) is 0 Å². The van der Waals surface area contributed by atoms with Crippen LogP contribution in [-0.2, 0) is 6.54 Å². The maximum Gasteiger partial charge on any atom is 0.267 e. The van der Waals surface area contributed by atoms with Gasteiger partial charge in [0.2, 0.25) is 0 Å². The van der Waals surface area contributed by atoms with Gasteiger partial charge in [0, 0.05) is 6.07 Å². The Kier molecular flexibility index (Phi) is 5.07. The monoisotopic (exact) mass is 271 g/mol. The Morgan fingerprint density at radius 3 is 2.70 bits per heavy atom. The molecule has 1 N–H and O–H groups in total. The highest BCUT2D eigenvalue weighted by atomic mass is 16.1. The minimum atomic E-state index is -0.0516. The van der Waals surface area contributed by atoms with Crippen LogP contribution in [0.4, 0.5) is 0 Å². The molecule has 20 heavy (non-hydrogen) atoms. The fourth-order valence-electron chi connectivity index (χ4n) is 2.13. The van der Waals surface area contributed by atoms with Crippen LogP contribution in [0.1, 0.15) is 30.5 Å². The summed E-state index contributed by atoms with van der Waals surface area (Å²) in [4.78, 5) is 12.0. The topological polar surface area (TPSA) is 46.9 Å². The van der Waals surface area contributed by atoms with Crippen LogP contribution in [0.2, 0.25) is 0 Å². The van der Waals surface area contributed by atoms with Gasteiger partial charge in [-0.15, -0.1) is 0 Å². The van der Waals surface area contributed by atoms with Gasteiger partial charge in [-0.3, -0.25) is 4.79 Å².